The molecule has 1 rings (SSSR count). The van der Waals surface area contributed by atoms with Crippen LogP contribution >= 0.6 is 0 Å². The summed E-state index contributed by atoms with van der Waals surface area (Å²) in [5.41, 5.74) is -2.10. The number of carbonyl (C=O) groups excluding carboxylic acids is 2. The molecule has 8 heteroatoms. The smallest absolute Gasteiger partial charge is 0.342 e. The summed E-state index contributed by atoms with van der Waals surface area (Å²) in [6.45, 7) is 4.57. The first-order valence-corrected chi connectivity index (χ1v) is 5.98. The van der Waals surface area contributed by atoms with Gasteiger partial charge in [0.25, 0.3) is 0 Å². The highest BCUT2D eigenvalue weighted by Crippen LogP contribution is 2.27. The van der Waals surface area contributed by atoms with Gasteiger partial charge in [-0.1, -0.05) is 6.58 Å². The Morgan fingerprint density at radius 1 is 1.14 bits per heavy atom. The van der Waals surface area contributed by atoms with Crippen molar-refractivity contribution in [2.75, 3.05) is 6.61 Å². The van der Waals surface area contributed by atoms with E-state index in [0.717, 1.165) is 18.2 Å². The van der Waals surface area contributed by atoms with Crippen LogP contribution in [0.15, 0.2) is 24.8 Å². The second-order valence-electron chi connectivity index (χ2n) is 3.82. The van der Waals surface area contributed by atoms with Crippen LogP contribution in [0.25, 0.3) is 0 Å². The Hall–Kier alpha value is -3.16. The monoisotopic (exact) mass is 308 g/mol. The first-order chi connectivity index (χ1) is 10.3. The number of aromatic carboxylic acids is 2. The number of hydrogen-bond donors (Lipinski definition) is 2. The molecule has 0 unspecified atom stereocenters. The van der Waals surface area contributed by atoms with Gasteiger partial charge in [-0.25, -0.2) is 19.2 Å². The third kappa shape index (κ3) is 3.48. The maximum Gasteiger partial charge on any atom is 0.342 e. The minimum absolute atomic E-state index is 0.0793. The molecule has 1 aromatic carbocycles. The van der Waals surface area contributed by atoms with Crippen molar-refractivity contribution in [3.05, 3.63) is 41.5 Å². The Morgan fingerprint density at radius 2 is 1.77 bits per heavy atom. The normalized spacial score (nSPS) is 9.68. The molecule has 0 spiro atoms. The van der Waals surface area contributed by atoms with Crippen LogP contribution in [0.3, 0.4) is 0 Å². The summed E-state index contributed by atoms with van der Waals surface area (Å²) in [6.07, 6.45) is 0.806. The van der Waals surface area contributed by atoms with Gasteiger partial charge in [0.15, 0.2) is 0 Å². The molecular weight excluding hydrogens is 296 g/mol. The summed E-state index contributed by atoms with van der Waals surface area (Å²) in [4.78, 5) is 45.6. The highest BCUT2D eigenvalue weighted by Gasteiger charge is 2.29. The van der Waals surface area contributed by atoms with Crippen LogP contribution in [-0.2, 0) is 9.53 Å². The molecule has 0 fully saturated rings. The standard InChI is InChI=1S/C14H12O8/c1-3-9(15)22-8-6-5-7(12(16)17)10(13(18)19)11(8)14(20)21-4-2/h3,5-6H,1,4H2,2H3,(H,16,17)(H,18,19). The van der Waals surface area contributed by atoms with Gasteiger partial charge in [0.05, 0.1) is 17.7 Å². The highest BCUT2D eigenvalue weighted by molar-refractivity contribution is 6.11. The van der Waals surface area contributed by atoms with Crippen LogP contribution in [0.5, 0.6) is 5.75 Å². The molecule has 8 nitrogen and oxygen atoms in total. The van der Waals surface area contributed by atoms with Crippen molar-refractivity contribution in [1.82, 2.24) is 0 Å². The summed E-state index contributed by atoms with van der Waals surface area (Å²) in [5.74, 6) is -5.70. The molecule has 0 bridgehead atoms. The Morgan fingerprint density at radius 3 is 2.23 bits per heavy atom. The van der Waals surface area contributed by atoms with Crippen LogP contribution in [0.2, 0.25) is 0 Å². The van der Waals surface area contributed by atoms with Crippen molar-refractivity contribution < 1.29 is 38.9 Å². The lowest BCUT2D eigenvalue weighted by molar-refractivity contribution is -0.129. The van der Waals surface area contributed by atoms with Crippen molar-refractivity contribution in [1.29, 1.82) is 0 Å². The van der Waals surface area contributed by atoms with Gasteiger partial charge in [0.1, 0.15) is 11.3 Å². The summed E-state index contributed by atoms with van der Waals surface area (Å²) >= 11 is 0. The number of carboxylic acids is 2. The highest BCUT2D eigenvalue weighted by atomic mass is 16.5. The number of carbonyl (C=O) groups is 4. The number of carboxylic acid groups (broad SMARTS) is 2. The minimum atomic E-state index is -1.67. The third-order valence-corrected chi connectivity index (χ3v) is 2.47. The number of benzene rings is 1. The molecule has 1 aromatic rings. The summed E-state index contributed by atoms with van der Waals surface area (Å²) < 4.78 is 9.47. The van der Waals surface area contributed by atoms with E-state index >= 15 is 0 Å². The van der Waals surface area contributed by atoms with Gasteiger partial charge >= 0.3 is 23.9 Å². The fraction of sp³-hybridized carbons (Fsp3) is 0.143. The van der Waals surface area contributed by atoms with Crippen LogP contribution in [0.1, 0.15) is 38.0 Å². The number of hydrogen-bond acceptors (Lipinski definition) is 6. The molecule has 0 atom stereocenters. The Labute approximate surface area is 124 Å². The zero-order valence-corrected chi connectivity index (χ0v) is 11.5. The third-order valence-electron chi connectivity index (χ3n) is 2.47. The molecule has 116 valence electrons. The Balaban J connectivity index is 3.65. The minimum Gasteiger partial charge on any atom is -0.478 e. The predicted octanol–water partition coefficient (Wildman–Crippen LogP) is 1.35. The SMILES string of the molecule is C=CC(=O)Oc1ccc(C(=O)O)c(C(=O)O)c1C(=O)OCC. The molecule has 0 saturated heterocycles. The molecule has 0 amide bonds. The molecule has 0 heterocycles. The summed E-state index contributed by atoms with van der Waals surface area (Å²) in [5, 5.41) is 18.2. The van der Waals surface area contributed by atoms with Gasteiger partial charge in [-0.2, -0.15) is 0 Å². The maximum absolute atomic E-state index is 11.9. The van der Waals surface area contributed by atoms with Gasteiger partial charge in [0, 0.05) is 6.08 Å². The predicted molar refractivity (Wildman–Crippen MR) is 72.1 cm³/mol. The van der Waals surface area contributed by atoms with E-state index in [1.54, 1.807) is 0 Å². The lowest BCUT2D eigenvalue weighted by atomic mass is 9.99. The molecule has 0 aliphatic rings. The number of ether oxygens (including phenoxy) is 2. The van der Waals surface area contributed by atoms with Crippen molar-refractivity contribution in [3.8, 4) is 5.75 Å². The van der Waals surface area contributed by atoms with E-state index < -0.39 is 46.3 Å². The van der Waals surface area contributed by atoms with E-state index in [9.17, 15) is 24.3 Å². The number of esters is 2. The van der Waals surface area contributed by atoms with Crippen LogP contribution in [0, 0.1) is 0 Å². The topological polar surface area (TPSA) is 127 Å². The summed E-state index contributed by atoms with van der Waals surface area (Å²) in [7, 11) is 0. The van der Waals surface area contributed by atoms with Crippen molar-refractivity contribution >= 4 is 23.9 Å². The zero-order valence-electron chi connectivity index (χ0n) is 11.5. The molecule has 0 aliphatic carbocycles. The average molecular weight is 308 g/mol. The molecule has 0 radical (unpaired) electrons. The molecule has 0 aromatic heterocycles. The van der Waals surface area contributed by atoms with Gasteiger partial charge in [-0.3, -0.25) is 0 Å². The molecular formula is C14H12O8. The second-order valence-corrected chi connectivity index (χ2v) is 3.82. The molecule has 2 N–H and O–H groups in total. The fourth-order valence-corrected chi connectivity index (χ4v) is 1.62. The Kier molecular flexibility index (Phi) is 5.39. The summed E-state index contributed by atoms with van der Waals surface area (Å²) in [6, 6.07) is 1.92. The van der Waals surface area contributed by atoms with E-state index in [-0.39, 0.29) is 6.61 Å². The van der Waals surface area contributed by atoms with Crippen LogP contribution in [-0.4, -0.2) is 40.7 Å². The molecule has 0 aliphatic heterocycles. The van der Waals surface area contributed by atoms with Gasteiger partial charge < -0.3 is 19.7 Å². The first kappa shape index (κ1) is 16.9. The van der Waals surface area contributed by atoms with E-state index in [0.29, 0.717) is 0 Å². The van der Waals surface area contributed by atoms with Gasteiger partial charge in [-0.15, -0.1) is 0 Å². The Bertz CT molecular complexity index is 659. The molecule has 22 heavy (non-hydrogen) atoms. The van der Waals surface area contributed by atoms with Crippen molar-refractivity contribution in [2.45, 2.75) is 6.92 Å². The van der Waals surface area contributed by atoms with Gasteiger partial charge in [0.2, 0.25) is 0 Å². The average Bonchev–Trinajstić information content (AvgIpc) is 2.46. The van der Waals surface area contributed by atoms with Gasteiger partial charge in [-0.05, 0) is 19.1 Å². The first-order valence-electron chi connectivity index (χ1n) is 5.98. The lowest BCUT2D eigenvalue weighted by Crippen LogP contribution is -2.19. The van der Waals surface area contributed by atoms with Crippen LogP contribution in [0.4, 0.5) is 0 Å². The number of rotatable bonds is 6. The van der Waals surface area contributed by atoms with E-state index in [4.69, 9.17) is 14.6 Å². The van der Waals surface area contributed by atoms with E-state index in [1.807, 2.05) is 0 Å². The fourth-order valence-electron chi connectivity index (χ4n) is 1.62. The van der Waals surface area contributed by atoms with E-state index in [1.165, 1.54) is 6.92 Å². The van der Waals surface area contributed by atoms with E-state index in [2.05, 4.69) is 6.58 Å². The van der Waals surface area contributed by atoms with Crippen LogP contribution < -0.4 is 4.74 Å². The quantitative estimate of drug-likeness (QED) is 0.458. The molecule has 0 saturated carbocycles. The second kappa shape index (κ2) is 7.02. The maximum atomic E-state index is 11.9. The van der Waals surface area contributed by atoms with Crippen molar-refractivity contribution in [3.63, 3.8) is 0 Å². The van der Waals surface area contributed by atoms with Crippen molar-refractivity contribution in [2.24, 2.45) is 0 Å². The lowest BCUT2D eigenvalue weighted by Gasteiger charge is -2.13. The largest absolute Gasteiger partial charge is 0.478 e. The zero-order chi connectivity index (χ0) is 16.9.